The average Bonchev–Trinajstić information content (AvgIpc) is 2.18. The number of aryl methyl sites for hydroxylation is 1. The SMILES string of the molecule is Cc1ccc(Cl)cc1C(=O)/C=C/C(=O)O. The van der Waals surface area contributed by atoms with Crippen molar-refractivity contribution in [3.8, 4) is 0 Å². The Labute approximate surface area is 92.0 Å². The molecular weight excluding hydrogens is 216 g/mol. The van der Waals surface area contributed by atoms with Gasteiger partial charge in [-0.25, -0.2) is 4.79 Å². The maximum Gasteiger partial charge on any atom is 0.328 e. The van der Waals surface area contributed by atoms with Gasteiger partial charge in [0.1, 0.15) is 0 Å². The zero-order valence-corrected chi connectivity index (χ0v) is 8.78. The van der Waals surface area contributed by atoms with Crippen molar-refractivity contribution in [2.45, 2.75) is 6.92 Å². The van der Waals surface area contributed by atoms with Gasteiger partial charge in [-0.2, -0.15) is 0 Å². The van der Waals surface area contributed by atoms with E-state index in [1.54, 1.807) is 19.1 Å². The van der Waals surface area contributed by atoms with Crippen molar-refractivity contribution in [2.24, 2.45) is 0 Å². The highest BCUT2D eigenvalue weighted by atomic mass is 35.5. The Morgan fingerprint density at radius 1 is 1.33 bits per heavy atom. The summed E-state index contributed by atoms with van der Waals surface area (Å²) in [5, 5.41) is 8.82. The number of ketones is 1. The average molecular weight is 225 g/mol. The number of carboxylic acid groups (broad SMARTS) is 1. The topological polar surface area (TPSA) is 54.4 Å². The van der Waals surface area contributed by atoms with E-state index < -0.39 is 5.97 Å². The predicted octanol–water partition coefficient (Wildman–Crippen LogP) is 2.47. The lowest BCUT2D eigenvalue weighted by Crippen LogP contribution is -1.99. The van der Waals surface area contributed by atoms with Crippen LogP contribution in [-0.2, 0) is 4.79 Å². The number of benzene rings is 1. The third-order valence-electron chi connectivity index (χ3n) is 1.84. The van der Waals surface area contributed by atoms with E-state index in [-0.39, 0.29) is 5.78 Å². The van der Waals surface area contributed by atoms with Crippen LogP contribution in [0.15, 0.2) is 30.4 Å². The van der Waals surface area contributed by atoms with Crippen molar-refractivity contribution >= 4 is 23.4 Å². The van der Waals surface area contributed by atoms with Crippen LogP contribution in [0.4, 0.5) is 0 Å². The zero-order valence-electron chi connectivity index (χ0n) is 8.03. The van der Waals surface area contributed by atoms with Gasteiger partial charge in [0.15, 0.2) is 5.78 Å². The van der Waals surface area contributed by atoms with Crippen molar-refractivity contribution in [1.82, 2.24) is 0 Å². The molecule has 0 aliphatic heterocycles. The summed E-state index contributed by atoms with van der Waals surface area (Å²) in [6.07, 6.45) is 1.82. The third kappa shape index (κ3) is 3.22. The quantitative estimate of drug-likeness (QED) is 0.634. The second kappa shape index (κ2) is 4.75. The van der Waals surface area contributed by atoms with E-state index in [1.807, 2.05) is 0 Å². The first-order valence-electron chi connectivity index (χ1n) is 4.22. The van der Waals surface area contributed by atoms with E-state index >= 15 is 0 Å². The Morgan fingerprint density at radius 2 is 2.00 bits per heavy atom. The molecule has 0 aliphatic carbocycles. The minimum absolute atomic E-state index is 0.364. The van der Waals surface area contributed by atoms with Crippen LogP contribution < -0.4 is 0 Å². The molecule has 0 saturated heterocycles. The number of rotatable bonds is 3. The number of carbonyl (C=O) groups excluding carboxylic acids is 1. The van der Waals surface area contributed by atoms with Gasteiger partial charge in [-0.15, -0.1) is 0 Å². The molecule has 0 amide bonds. The number of hydrogen-bond donors (Lipinski definition) is 1. The summed E-state index contributed by atoms with van der Waals surface area (Å²) in [6, 6.07) is 4.91. The molecule has 1 aromatic carbocycles. The van der Waals surface area contributed by atoms with Gasteiger partial charge in [0, 0.05) is 16.7 Å². The lowest BCUT2D eigenvalue weighted by Gasteiger charge is -2.01. The molecule has 1 rings (SSSR count). The van der Waals surface area contributed by atoms with Gasteiger partial charge in [0.2, 0.25) is 0 Å². The maximum absolute atomic E-state index is 11.5. The summed E-state index contributed by atoms with van der Waals surface area (Å²) in [6.45, 7) is 1.76. The van der Waals surface area contributed by atoms with E-state index in [9.17, 15) is 9.59 Å². The number of allylic oxidation sites excluding steroid dienone is 1. The van der Waals surface area contributed by atoms with Gasteiger partial charge in [-0.1, -0.05) is 17.7 Å². The maximum atomic E-state index is 11.5. The van der Waals surface area contributed by atoms with Crippen molar-refractivity contribution < 1.29 is 14.7 Å². The fourth-order valence-corrected chi connectivity index (χ4v) is 1.27. The van der Waals surface area contributed by atoms with Crippen molar-refractivity contribution in [3.63, 3.8) is 0 Å². The van der Waals surface area contributed by atoms with Crippen LogP contribution in [0.25, 0.3) is 0 Å². The Bertz CT molecular complexity index is 435. The molecule has 0 saturated carbocycles. The van der Waals surface area contributed by atoms with E-state index in [0.29, 0.717) is 10.6 Å². The molecule has 0 heterocycles. The van der Waals surface area contributed by atoms with Crippen molar-refractivity contribution in [1.29, 1.82) is 0 Å². The first kappa shape index (κ1) is 11.5. The Kier molecular flexibility index (Phi) is 3.63. The number of carbonyl (C=O) groups is 2. The normalized spacial score (nSPS) is 10.5. The van der Waals surface area contributed by atoms with Crippen LogP contribution in [0.5, 0.6) is 0 Å². The molecule has 0 unspecified atom stereocenters. The van der Waals surface area contributed by atoms with Crippen molar-refractivity contribution in [2.75, 3.05) is 0 Å². The molecule has 0 aromatic heterocycles. The second-order valence-electron chi connectivity index (χ2n) is 3.00. The third-order valence-corrected chi connectivity index (χ3v) is 2.08. The van der Waals surface area contributed by atoms with Gasteiger partial charge in [0.05, 0.1) is 0 Å². The Balaban J connectivity index is 3.01. The van der Waals surface area contributed by atoms with Gasteiger partial charge in [0.25, 0.3) is 0 Å². The van der Waals surface area contributed by atoms with E-state index in [4.69, 9.17) is 16.7 Å². The van der Waals surface area contributed by atoms with E-state index in [0.717, 1.165) is 17.7 Å². The zero-order chi connectivity index (χ0) is 11.4. The smallest absolute Gasteiger partial charge is 0.328 e. The van der Waals surface area contributed by atoms with Gasteiger partial charge >= 0.3 is 5.97 Å². The molecule has 0 radical (unpaired) electrons. The van der Waals surface area contributed by atoms with E-state index in [2.05, 4.69) is 0 Å². The lowest BCUT2D eigenvalue weighted by molar-refractivity contribution is -0.131. The van der Waals surface area contributed by atoms with Crippen LogP contribution in [0, 0.1) is 6.92 Å². The summed E-state index contributed by atoms with van der Waals surface area (Å²) in [5.74, 6) is -1.51. The number of aliphatic carboxylic acids is 1. The summed E-state index contributed by atoms with van der Waals surface area (Å²) in [7, 11) is 0. The first-order chi connectivity index (χ1) is 7.00. The number of halogens is 1. The van der Waals surface area contributed by atoms with E-state index in [1.165, 1.54) is 6.07 Å². The molecular formula is C11H9ClO3. The number of carboxylic acids is 1. The Hall–Kier alpha value is -1.61. The van der Waals surface area contributed by atoms with Crippen molar-refractivity contribution in [3.05, 3.63) is 46.5 Å². The summed E-state index contributed by atoms with van der Waals surface area (Å²) in [4.78, 5) is 21.7. The molecule has 1 N–H and O–H groups in total. The molecule has 0 fully saturated rings. The number of hydrogen-bond acceptors (Lipinski definition) is 2. The van der Waals surface area contributed by atoms with Gasteiger partial charge in [-0.3, -0.25) is 4.79 Å². The molecule has 78 valence electrons. The minimum Gasteiger partial charge on any atom is -0.478 e. The minimum atomic E-state index is -1.15. The standard InChI is InChI=1S/C11H9ClO3/c1-7-2-3-8(12)6-9(7)10(13)4-5-11(14)15/h2-6H,1H3,(H,14,15)/b5-4+. The summed E-state index contributed by atoms with van der Waals surface area (Å²) in [5.41, 5.74) is 1.18. The van der Waals surface area contributed by atoms with Crippen LogP contribution in [0.3, 0.4) is 0 Å². The Morgan fingerprint density at radius 3 is 2.60 bits per heavy atom. The molecule has 15 heavy (non-hydrogen) atoms. The van der Waals surface area contributed by atoms with Crippen LogP contribution in [0.1, 0.15) is 15.9 Å². The largest absolute Gasteiger partial charge is 0.478 e. The summed E-state index contributed by atoms with van der Waals surface area (Å²) >= 11 is 5.73. The molecule has 3 nitrogen and oxygen atoms in total. The van der Waals surface area contributed by atoms with Crippen LogP contribution in [-0.4, -0.2) is 16.9 Å². The summed E-state index contributed by atoms with van der Waals surface area (Å²) < 4.78 is 0. The molecule has 1 aromatic rings. The lowest BCUT2D eigenvalue weighted by atomic mass is 10.0. The monoisotopic (exact) mass is 224 g/mol. The van der Waals surface area contributed by atoms with Crippen LogP contribution in [0.2, 0.25) is 5.02 Å². The first-order valence-corrected chi connectivity index (χ1v) is 4.60. The molecule has 0 atom stereocenters. The highest BCUT2D eigenvalue weighted by Gasteiger charge is 2.06. The highest BCUT2D eigenvalue weighted by molar-refractivity contribution is 6.31. The van der Waals surface area contributed by atoms with Gasteiger partial charge in [-0.05, 0) is 30.7 Å². The molecule has 0 bridgehead atoms. The molecule has 0 spiro atoms. The second-order valence-corrected chi connectivity index (χ2v) is 3.43. The fraction of sp³-hybridized carbons (Fsp3) is 0.0909. The van der Waals surface area contributed by atoms with Crippen LogP contribution >= 0.6 is 11.6 Å². The highest BCUT2D eigenvalue weighted by Crippen LogP contribution is 2.16. The molecule has 0 aliphatic rings. The van der Waals surface area contributed by atoms with Gasteiger partial charge < -0.3 is 5.11 Å². The predicted molar refractivity (Wildman–Crippen MR) is 57.3 cm³/mol. The fourth-order valence-electron chi connectivity index (χ4n) is 1.10. The molecule has 4 heteroatoms.